The van der Waals surface area contributed by atoms with Gasteiger partial charge in [-0.3, -0.25) is 0 Å². The number of aryl methyl sites for hydroxylation is 4. The van der Waals surface area contributed by atoms with Crippen molar-refractivity contribution in [1.82, 2.24) is 0 Å². The van der Waals surface area contributed by atoms with Gasteiger partial charge in [0.15, 0.2) is 0 Å². The Bertz CT molecular complexity index is 1400. The predicted molar refractivity (Wildman–Crippen MR) is 125 cm³/mol. The van der Waals surface area contributed by atoms with E-state index < -0.39 is 19.7 Å². The molecule has 0 saturated heterocycles. The van der Waals surface area contributed by atoms with Crippen LogP contribution >= 0.6 is 0 Å². The third kappa shape index (κ3) is 4.49. The molecule has 3 aromatic carbocycles. The summed E-state index contributed by atoms with van der Waals surface area (Å²) in [5.41, 5.74) is 2.72. The summed E-state index contributed by atoms with van der Waals surface area (Å²) in [7, 11) is -8.01. The standard InChI is InChI=1S/C25H26O5S2/c1-6-13-30-22-12-11-21(31(26,27)23-14-17(2)7-9-19(23)4)16-25(22)32(28,29)24-15-18(3)8-10-20(24)5/h6-12,14-16H,1,13H2,2-5H3. The van der Waals surface area contributed by atoms with Crippen molar-refractivity contribution in [1.29, 1.82) is 0 Å². The fourth-order valence-electron chi connectivity index (χ4n) is 3.37. The maximum atomic E-state index is 13.6. The van der Waals surface area contributed by atoms with Crippen molar-refractivity contribution in [2.24, 2.45) is 0 Å². The minimum absolute atomic E-state index is 0.0747. The molecule has 0 saturated carbocycles. The van der Waals surface area contributed by atoms with Crippen LogP contribution in [-0.2, 0) is 19.7 Å². The van der Waals surface area contributed by atoms with Gasteiger partial charge < -0.3 is 4.74 Å². The van der Waals surface area contributed by atoms with Crippen molar-refractivity contribution in [3.8, 4) is 5.75 Å². The summed E-state index contributed by atoms with van der Waals surface area (Å²) in [6.45, 7) is 10.7. The highest BCUT2D eigenvalue weighted by atomic mass is 32.2. The molecule has 3 rings (SSSR count). The lowest BCUT2D eigenvalue weighted by Crippen LogP contribution is -2.11. The fraction of sp³-hybridized carbons (Fsp3) is 0.200. The second-order valence-electron chi connectivity index (χ2n) is 7.75. The highest BCUT2D eigenvalue weighted by Crippen LogP contribution is 2.35. The Labute approximate surface area is 190 Å². The summed E-state index contributed by atoms with van der Waals surface area (Å²) in [6, 6.07) is 14.2. The number of rotatable bonds is 7. The number of sulfone groups is 2. The van der Waals surface area contributed by atoms with Crippen LogP contribution < -0.4 is 4.74 Å². The average molecular weight is 471 g/mol. The molecule has 168 valence electrons. The number of benzene rings is 3. The molecule has 5 nitrogen and oxygen atoms in total. The number of hydrogen-bond acceptors (Lipinski definition) is 5. The average Bonchev–Trinajstić information content (AvgIpc) is 2.75. The highest BCUT2D eigenvalue weighted by Gasteiger charge is 2.28. The van der Waals surface area contributed by atoms with Crippen LogP contribution in [0.3, 0.4) is 0 Å². The Morgan fingerprint density at radius 3 is 1.78 bits per heavy atom. The van der Waals surface area contributed by atoms with Crippen LogP contribution in [0.2, 0.25) is 0 Å². The van der Waals surface area contributed by atoms with Gasteiger partial charge in [0.1, 0.15) is 17.3 Å². The summed E-state index contributed by atoms with van der Waals surface area (Å²) in [6.07, 6.45) is 1.50. The quantitative estimate of drug-likeness (QED) is 0.446. The van der Waals surface area contributed by atoms with Gasteiger partial charge in [0.2, 0.25) is 19.7 Å². The van der Waals surface area contributed by atoms with E-state index in [-0.39, 0.29) is 31.9 Å². The number of ether oxygens (including phenoxy) is 1. The Morgan fingerprint density at radius 2 is 1.25 bits per heavy atom. The molecular weight excluding hydrogens is 444 g/mol. The van der Waals surface area contributed by atoms with Crippen molar-refractivity contribution < 1.29 is 21.6 Å². The molecule has 0 spiro atoms. The largest absolute Gasteiger partial charge is 0.488 e. The Kier molecular flexibility index (Phi) is 6.62. The first-order chi connectivity index (χ1) is 15.0. The first-order valence-corrected chi connectivity index (χ1v) is 13.0. The smallest absolute Gasteiger partial charge is 0.210 e. The molecular formula is C25H26O5S2. The van der Waals surface area contributed by atoms with E-state index in [4.69, 9.17) is 4.74 Å². The maximum absolute atomic E-state index is 13.6. The van der Waals surface area contributed by atoms with E-state index >= 15 is 0 Å². The second kappa shape index (κ2) is 8.92. The maximum Gasteiger partial charge on any atom is 0.210 e. The molecule has 0 radical (unpaired) electrons. The third-order valence-corrected chi connectivity index (χ3v) is 8.95. The van der Waals surface area contributed by atoms with E-state index in [2.05, 4.69) is 6.58 Å². The van der Waals surface area contributed by atoms with Crippen LogP contribution in [0.5, 0.6) is 5.75 Å². The molecule has 0 bridgehead atoms. The molecule has 0 atom stereocenters. The van der Waals surface area contributed by atoms with Gasteiger partial charge in [-0.2, -0.15) is 0 Å². The van der Waals surface area contributed by atoms with Gasteiger partial charge in [-0.15, -0.1) is 0 Å². The van der Waals surface area contributed by atoms with Crippen LogP contribution in [0, 0.1) is 27.7 Å². The van der Waals surface area contributed by atoms with Crippen LogP contribution in [0.1, 0.15) is 22.3 Å². The van der Waals surface area contributed by atoms with Crippen LogP contribution in [-0.4, -0.2) is 23.4 Å². The zero-order valence-corrected chi connectivity index (χ0v) is 20.2. The molecule has 32 heavy (non-hydrogen) atoms. The fourth-order valence-corrected chi connectivity index (χ4v) is 6.80. The molecule has 0 unspecified atom stereocenters. The monoisotopic (exact) mass is 470 g/mol. The van der Waals surface area contributed by atoms with Gasteiger partial charge in [-0.25, -0.2) is 16.8 Å². The lowest BCUT2D eigenvalue weighted by Gasteiger charge is -2.16. The van der Waals surface area contributed by atoms with E-state index in [1.54, 1.807) is 52.0 Å². The predicted octanol–water partition coefficient (Wildman–Crippen LogP) is 5.15. The highest BCUT2D eigenvalue weighted by molar-refractivity contribution is 7.92. The summed E-state index contributed by atoms with van der Waals surface area (Å²) in [5, 5.41) is 0. The Balaban J connectivity index is 2.28. The van der Waals surface area contributed by atoms with E-state index in [1.165, 1.54) is 24.3 Å². The molecule has 0 aliphatic carbocycles. The van der Waals surface area contributed by atoms with E-state index in [0.717, 1.165) is 11.1 Å². The third-order valence-electron chi connectivity index (χ3n) is 5.14. The van der Waals surface area contributed by atoms with Crippen molar-refractivity contribution in [3.05, 3.63) is 89.5 Å². The van der Waals surface area contributed by atoms with Gasteiger partial charge in [0, 0.05) is 0 Å². The first kappa shape index (κ1) is 23.8. The SMILES string of the molecule is C=CCOc1ccc(S(=O)(=O)c2cc(C)ccc2C)cc1S(=O)(=O)c1cc(C)ccc1C. The minimum atomic E-state index is -4.06. The molecule has 7 heteroatoms. The summed E-state index contributed by atoms with van der Waals surface area (Å²) in [5.74, 6) is 0.0747. The second-order valence-corrected chi connectivity index (χ2v) is 11.6. The van der Waals surface area contributed by atoms with Crippen molar-refractivity contribution in [3.63, 3.8) is 0 Å². The van der Waals surface area contributed by atoms with Gasteiger partial charge in [0.25, 0.3) is 0 Å². The zero-order chi connectivity index (χ0) is 23.7. The lowest BCUT2D eigenvalue weighted by atomic mass is 10.2. The molecule has 3 aromatic rings. The van der Waals surface area contributed by atoms with Crippen molar-refractivity contribution >= 4 is 19.7 Å². The Morgan fingerprint density at radius 1 is 0.719 bits per heavy atom. The molecule has 0 heterocycles. The number of hydrogen-bond donors (Lipinski definition) is 0. The lowest BCUT2D eigenvalue weighted by molar-refractivity contribution is 0.353. The summed E-state index contributed by atoms with van der Waals surface area (Å²) >= 11 is 0. The van der Waals surface area contributed by atoms with E-state index in [1.807, 2.05) is 12.1 Å². The molecule has 0 aliphatic rings. The molecule has 0 aliphatic heterocycles. The zero-order valence-electron chi connectivity index (χ0n) is 18.5. The van der Waals surface area contributed by atoms with Crippen molar-refractivity contribution in [2.45, 2.75) is 47.3 Å². The van der Waals surface area contributed by atoms with Crippen LogP contribution in [0.4, 0.5) is 0 Å². The van der Waals surface area contributed by atoms with E-state index in [0.29, 0.717) is 11.1 Å². The van der Waals surface area contributed by atoms with Crippen LogP contribution in [0.15, 0.2) is 86.8 Å². The van der Waals surface area contributed by atoms with Gasteiger partial charge in [0.05, 0.1) is 14.7 Å². The minimum Gasteiger partial charge on any atom is -0.488 e. The summed E-state index contributed by atoms with van der Waals surface area (Å²) in [4.78, 5) is -0.0463. The van der Waals surface area contributed by atoms with E-state index in [9.17, 15) is 16.8 Å². The molecule has 0 fully saturated rings. The topological polar surface area (TPSA) is 77.5 Å². The van der Waals surface area contributed by atoms with Crippen molar-refractivity contribution in [2.75, 3.05) is 6.61 Å². The molecule has 0 N–H and O–H groups in total. The van der Waals surface area contributed by atoms with Gasteiger partial charge in [-0.05, 0) is 80.3 Å². The van der Waals surface area contributed by atoms with Gasteiger partial charge in [-0.1, -0.05) is 36.9 Å². The molecule has 0 aromatic heterocycles. The first-order valence-electron chi connectivity index (χ1n) is 10.0. The normalized spacial score (nSPS) is 11.9. The van der Waals surface area contributed by atoms with Crippen LogP contribution in [0.25, 0.3) is 0 Å². The van der Waals surface area contributed by atoms with Gasteiger partial charge >= 0.3 is 0 Å². The summed E-state index contributed by atoms with van der Waals surface area (Å²) < 4.78 is 59.7. The molecule has 0 amide bonds. The Hall–Kier alpha value is -2.90.